The molecule has 7 aliphatic rings. The van der Waals surface area contributed by atoms with Crippen LogP contribution < -0.4 is 9.47 Å². The number of nitrogens with zero attached hydrogens (tertiary/aromatic N) is 1. The van der Waals surface area contributed by atoms with Crippen molar-refractivity contribution in [1.29, 1.82) is 0 Å². The minimum Gasteiger partial charge on any atom is -0.493 e. The predicted octanol–water partition coefficient (Wildman–Crippen LogP) is 3.26. The van der Waals surface area contributed by atoms with Crippen LogP contribution in [-0.4, -0.2) is 62.5 Å². The fraction of sp³-hybridized carbons (Fsp3) is 0.667. The van der Waals surface area contributed by atoms with Crippen LogP contribution in [0.4, 0.5) is 0 Å². The van der Waals surface area contributed by atoms with Gasteiger partial charge < -0.3 is 18.9 Å². The molecule has 2 heterocycles. The molecule has 8 rings (SSSR count). The molecule has 176 valence electrons. The average molecular weight is 452 g/mol. The second kappa shape index (κ2) is 6.54. The minimum absolute atomic E-state index is 0.165. The van der Waals surface area contributed by atoms with Crippen molar-refractivity contribution in [2.24, 2.45) is 17.3 Å². The summed E-state index contributed by atoms with van der Waals surface area (Å²) >= 11 is 0. The summed E-state index contributed by atoms with van der Waals surface area (Å²) in [6.45, 7) is 4.48. The van der Waals surface area contributed by atoms with Gasteiger partial charge in [-0.2, -0.15) is 0 Å². The fourth-order valence-corrected chi connectivity index (χ4v) is 8.44. The zero-order valence-corrected chi connectivity index (χ0v) is 19.8. The second-order valence-corrected chi connectivity index (χ2v) is 10.9. The van der Waals surface area contributed by atoms with Gasteiger partial charge in [0.1, 0.15) is 11.7 Å². The van der Waals surface area contributed by atoms with Gasteiger partial charge in [0.05, 0.1) is 25.0 Å². The monoisotopic (exact) mass is 451 g/mol. The highest BCUT2D eigenvalue weighted by atomic mass is 16.6. The molecule has 6 nitrogen and oxygen atoms in total. The summed E-state index contributed by atoms with van der Waals surface area (Å²) in [5.74, 6) is 1.94. The first-order valence-electron chi connectivity index (χ1n) is 12.6. The summed E-state index contributed by atoms with van der Waals surface area (Å²) in [5, 5.41) is 0. The van der Waals surface area contributed by atoms with Crippen LogP contribution in [0.25, 0.3) is 0 Å². The number of piperidine rings is 1. The van der Waals surface area contributed by atoms with Gasteiger partial charge in [-0.15, -0.1) is 0 Å². The van der Waals surface area contributed by atoms with Crippen molar-refractivity contribution in [3.63, 3.8) is 0 Å². The number of rotatable bonds is 6. The molecule has 0 amide bonds. The van der Waals surface area contributed by atoms with E-state index in [1.165, 1.54) is 30.5 Å². The first kappa shape index (κ1) is 20.3. The molecule has 6 heteroatoms. The van der Waals surface area contributed by atoms with Crippen LogP contribution in [0, 0.1) is 17.3 Å². The number of carbonyl (C=O) groups excluding carboxylic acids is 1. The Morgan fingerprint density at radius 3 is 2.82 bits per heavy atom. The first-order chi connectivity index (χ1) is 16.0. The predicted molar refractivity (Wildman–Crippen MR) is 122 cm³/mol. The van der Waals surface area contributed by atoms with E-state index < -0.39 is 5.60 Å². The number of methoxy groups -OCH3 is 2. The first-order valence-corrected chi connectivity index (χ1v) is 12.6. The van der Waals surface area contributed by atoms with Gasteiger partial charge >= 0.3 is 5.97 Å². The SMILES string of the molecule is CCOC(=O)[C@H]1C[C@@]23C=CC1(OC)C1Oc4c(OC)ccc5c4[C@@]12CCN(CC1CC1)[C@H]3C5. The number of esters is 1. The number of carbonyl (C=O) groups is 1. The van der Waals surface area contributed by atoms with Crippen LogP contribution in [0.3, 0.4) is 0 Å². The normalized spacial score (nSPS) is 41.5. The molecule has 2 spiro atoms. The third-order valence-electron chi connectivity index (χ3n) is 9.88. The van der Waals surface area contributed by atoms with E-state index in [1.807, 2.05) is 6.92 Å². The molecule has 2 aliphatic heterocycles. The van der Waals surface area contributed by atoms with Crippen molar-refractivity contribution in [2.45, 2.75) is 62.2 Å². The smallest absolute Gasteiger partial charge is 0.312 e. The molecular formula is C27H33NO5. The molecule has 1 saturated heterocycles. The van der Waals surface area contributed by atoms with Gasteiger partial charge in [-0.25, -0.2) is 0 Å². The lowest BCUT2D eigenvalue weighted by Crippen LogP contribution is -2.80. The Morgan fingerprint density at radius 2 is 2.09 bits per heavy atom. The third kappa shape index (κ3) is 2.21. The third-order valence-corrected chi connectivity index (χ3v) is 9.88. The highest BCUT2D eigenvalue weighted by Crippen LogP contribution is 2.74. The molecule has 33 heavy (non-hydrogen) atoms. The average Bonchev–Trinajstić information content (AvgIpc) is 3.57. The van der Waals surface area contributed by atoms with Gasteiger partial charge in [0.2, 0.25) is 0 Å². The largest absolute Gasteiger partial charge is 0.493 e. The van der Waals surface area contributed by atoms with Crippen molar-refractivity contribution in [2.75, 3.05) is 33.9 Å². The van der Waals surface area contributed by atoms with Crippen molar-refractivity contribution >= 4 is 5.97 Å². The molecule has 0 radical (unpaired) electrons. The maximum atomic E-state index is 13.4. The lowest BCUT2D eigenvalue weighted by molar-refractivity contribution is -0.223. The zero-order valence-electron chi connectivity index (χ0n) is 19.8. The topological polar surface area (TPSA) is 57.2 Å². The molecule has 0 aromatic heterocycles. The van der Waals surface area contributed by atoms with E-state index in [9.17, 15) is 4.79 Å². The Hall–Kier alpha value is -2.05. The Kier molecular flexibility index (Phi) is 4.03. The van der Waals surface area contributed by atoms with E-state index in [4.69, 9.17) is 18.9 Å². The van der Waals surface area contributed by atoms with Crippen LogP contribution in [0.2, 0.25) is 0 Å². The Balaban J connectivity index is 1.47. The number of benzene rings is 1. The number of likely N-dealkylation sites (tertiary alicyclic amines) is 1. The minimum atomic E-state index is -0.837. The molecule has 1 aromatic rings. The van der Waals surface area contributed by atoms with Crippen LogP contribution >= 0.6 is 0 Å². The number of hydrogen-bond donors (Lipinski definition) is 0. The van der Waals surface area contributed by atoms with Crippen LogP contribution in [0.1, 0.15) is 43.7 Å². The second-order valence-electron chi connectivity index (χ2n) is 10.9. The molecule has 5 aliphatic carbocycles. The summed E-state index contributed by atoms with van der Waals surface area (Å²) in [5.41, 5.74) is 1.48. The van der Waals surface area contributed by atoms with Gasteiger partial charge in [-0.1, -0.05) is 18.2 Å². The molecule has 3 fully saturated rings. The van der Waals surface area contributed by atoms with Crippen molar-refractivity contribution in [3.05, 3.63) is 35.4 Å². The van der Waals surface area contributed by atoms with Gasteiger partial charge in [0.25, 0.3) is 0 Å². The lowest BCUT2D eigenvalue weighted by Gasteiger charge is -2.70. The molecule has 0 N–H and O–H groups in total. The summed E-state index contributed by atoms with van der Waals surface area (Å²) in [4.78, 5) is 16.1. The maximum absolute atomic E-state index is 13.4. The molecule has 2 saturated carbocycles. The van der Waals surface area contributed by atoms with Crippen LogP contribution in [-0.2, 0) is 26.1 Å². The molecule has 6 atom stereocenters. The molecular weight excluding hydrogens is 418 g/mol. The summed E-state index contributed by atoms with van der Waals surface area (Å²) in [7, 11) is 3.43. The number of ether oxygens (including phenoxy) is 4. The van der Waals surface area contributed by atoms with E-state index in [0.717, 1.165) is 43.2 Å². The Bertz CT molecular complexity index is 1060. The van der Waals surface area contributed by atoms with Gasteiger partial charge in [-0.3, -0.25) is 9.69 Å². The Labute approximate surface area is 195 Å². The van der Waals surface area contributed by atoms with E-state index >= 15 is 0 Å². The highest BCUT2D eigenvalue weighted by Gasteiger charge is 2.80. The van der Waals surface area contributed by atoms with E-state index in [0.29, 0.717) is 12.6 Å². The van der Waals surface area contributed by atoms with Crippen molar-refractivity contribution < 1.29 is 23.7 Å². The zero-order chi connectivity index (χ0) is 22.6. The summed E-state index contributed by atoms with van der Waals surface area (Å²) in [6, 6.07) is 4.66. The number of hydrogen-bond acceptors (Lipinski definition) is 6. The van der Waals surface area contributed by atoms with Crippen LogP contribution in [0.15, 0.2) is 24.3 Å². The lowest BCUT2D eigenvalue weighted by atomic mass is 9.37. The number of fused-ring (bicyclic) bond motifs is 1. The van der Waals surface area contributed by atoms with Crippen LogP contribution in [0.5, 0.6) is 11.5 Å². The van der Waals surface area contributed by atoms with Crippen molar-refractivity contribution in [1.82, 2.24) is 4.90 Å². The van der Waals surface area contributed by atoms with Gasteiger partial charge in [0.15, 0.2) is 11.5 Å². The summed E-state index contributed by atoms with van der Waals surface area (Å²) in [6.07, 6.45) is 9.76. The quantitative estimate of drug-likeness (QED) is 0.489. The van der Waals surface area contributed by atoms with Crippen molar-refractivity contribution in [3.8, 4) is 11.5 Å². The molecule has 2 unspecified atom stereocenters. The summed E-state index contributed by atoms with van der Waals surface area (Å²) < 4.78 is 24.6. The standard InChI is InChI=1S/C27H33NO5/c1-4-32-23(29)18-14-25-9-10-27(18,31-3)24-26(25)11-12-28(15-16-5-6-16)20(25)13-17-7-8-19(30-2)22(33-24)21(17)26/h7-10,16,18,20,24H,4-6,11-15H2,1-3H3/t18-,20+,24?,25-,26+,27?/m1/s1. The van der Waals surface area contributed by atoms with E-state index in [1.54, 1.807) is 14.2 Å². The molecule has 4 bridgehead atoms. The Morgan fingerprint density at radius 1 is 1.24 bits per heavy atom. The van der Waals surface area contributed by atoms with E-state index in [2.05, 4.69) is 29.2 Å². The molecule has 1 aromatic carbocycles. The van der Waals surface area contributed by atoms with E-state index in [-0.39, 0.29) is 28.8 Å². The highest BCUT2D eigenvalue weighted by molar-refractivity contribution is 5.78. The van der Waals surface area contributed by atoms with Gasteiger partial charge in [0, 0.05) is 30.7 Å². The maximum Gasteiger partial charge on any atom is 0.312 e. The fourth-order valence-electron chi connectivity index (χ4n) is 8.44. The van der Waals surface area contributed by atoms with Gasteiger partial charge in [-0.05, 0) is 63.1 Å².